The smallest absolute Gasteiger partial charge is 0.271 e. The molecule has 1 N–H and O–H groups in total. The van der Waals surface area contributed by atoms with Crippen molar-refractivity contribution in [2.24, 2.45) is 0 Å². The highest BCUT2D eigenvalue weighted by Gasteiger charge is 2.29. The van der Waals surface area contributed by atoms with Crippen molar-refractivity contribution in [3.63, 3.8) is 0 Å². The first-order chi connectivity index (χ1) is 6.73. The Kier molecular flexibility index (Phi) is 5.43. The van der Waals surface area contributed by atoms with Gasteiger partial charge in [-0.05, 0) is 6.42 Å². The number of hydrogen-bond donors (Lipinski definition) is 1. The van der Waals surface area contributed by atoms with E-state index in [0.717, 1.165) is 0 Å². The van der Waals surface area contributed by atoms with E-state index < -0.39 is 31.2 Å². The van der Waals surface area contributed by atoms with Crippen LogP contribution < -0.4 is 0 Å². The Morgan fingerprint density at radius 1 is 1.40 bits per heavy atom. The highest BCUT2D eigenvalue weighted by molar-refractivity contribution is 7.90. The van der Waals surface area contributed by atoms with Crippen molar-refractivity contribution >= 4 is 20.2 Å². The first-order valence-corrected chi connectivity index (χ1v) is 7.25. The fraction of sp³-hybridized carbons (Fsp3) is 0.714. The average molecular weight is 258 g/mol. The van der Waals surface area contributed by atoms with E-state index in [0.29, 0.717) is 0 Å². The van der Waals surface area contributed by atoms with Crippen LogP contribution >= 0.6 is 0 Å². The summed E-state index contributed by atoms with van der Waals surface area (Å²) in [6.07, 6.45) is 1.27. The first-order valence-electron chi connectivity index (χ1n) is 4.17. The molecular formula is C7H14O6S2. The molecule has 8 heteroatoms. The van der Waals surface area contributed by atoms with E-state index in [2.05, 4.69) is 10.8 Å². The monoisotopic (exact) mass is 258 g/mol. The van der Waals surface area contributed by atoms with Crippen molar-refractivity contribution in [3.05, 3.63) is 12.7 Å². The van der Waals surface area contributed by atoms with E-state index in [-0.39, 0.29) is 13.0 Å². The van der Waals surface area contributed by atoms with Crippen molar-refractivity contribution in [1.29, 1.82) is 0 Å². The molecule has 0 amide bonds. The number of hydrogen-bond acceptors (Lipinski definition) is 5. The van der Waals surface area contributed by atoms with Crippen LogP contribution in [-0.2, 0) is 24.4 Å². The molecule has 0 aliphatic heterocycles. The predicted molar refractivity (Wildman–Crippen MR) is 55.6 cm³/mol. The van der Waals surface area contributed by atoms with E-state index >= 15 is 0 Å². The standard InChI is InChI=1S/C7H14O6S2/c1-3-5-13-15(11,12)7(4-2)6-14(8,9)10/h3,7H,1,4-6H2,2H3,(H,8,9,10). The fourth-order valence-electron chi connectivity index (χ4n) is 0.879. The van der Waals surface area contributed by atoms with Gasteiger partial charge in [0, 0.05) is 0 Å². The lowest BCUT2D eigenvalue weighted by Crippen LogP contribution is -2.30. The SMILES string of the molecule is C=CCOS(=O)(=O)C(CC)CS(=O)(=O)O. The predicted octanol–water partition coefficient (Wildman–Crippen LogP) is 0.185. The molecule has 0 spiro atoms. The van der Waals surface area contributed by atoms with Gasteiger partial charge in [0.2, 0.25) is 0 Å². The van der Waals surface area contributed by atoms with E-state index in [4.69, 9.17) is 4.55 Å². The fourth-order valence-corrected chi connectivity index (χ4v) is 3.65. The summed E-state index contributed by atoms with van der Waals surface area (Å²) in [6.45, 7) is 4.54. The van der Waals surface area contributed by atoms with Crippen LogP contribution in [-0.4, -0.2) is 39.0 Å². The van der Waals surface area contributed by atoms with Gasteiger partial charge in [0.25, 0.3) is 20.2 Å². The van der Waals surface area contributed by atoms with Crippen LogP contribution in [0.25, 0.3) is 0 Å². The van der Waals surface area contributed by atoms with Crippen LogP contribution in [0.2, 0.25) is 0 Å². The lowest BCUT2D eigenvalue weighted by Gasteiger charge is -2.12. The van der Waals surface area contributed by atoms with Crippen molar-refractivity contribution in [3.8, 4) is 0 Å². The molecule has 1 unspecified atom stereocenters. The molecule has 0 aromatic carbocycles. The number of rotatable bonds is 7. The van der Waals surface area contributed by atoms with Gasteiger partial charge in [-0.3, -0.25) is 8.74 Å². The summed E-state index contributed by atoms with van der Waals surface area (Å²) in [6, 6.07) is 0. The normalized spacial score (nSPS) is 14.8. The maximum atomic E-state index is 11.4. The molecule has 0 aliphatic carbocycles. The highest BCUT2D eigenvalue weighted by Crippen LogP contribution is 2.10. The average Bonchev–Trinajstić information content (AvgIpc) is 2.09. The molecule has 0 bridgehead atoms. The first kappa shape index (κ1) is 14.6. The topological polar surface area (TPSA) is 97.7 Å². The van der Waals surface area contributed by atoms with Crippen molar-refractivity contribution < 1.29 is 25.6 Å². The molecule has 6 nitrogen and oxygen atoms in total. The van der Waals surface area contributed by atoms with E-state index in [1.165, 1.54) is 13.0 Å². The highest BCUT2D eigenvalue weighted by atomic mass is 32.2. The van der Waals surface area contributed by atoms with Crippen LogP contribution in [0.1, 0.15) is 13.3 Å². The summed E-state index contributed by atoms with van der Waals surface area (Å²) in [5.41, 5.74) is 0. The van der Waals surface area contributed by atoms with E-state index in [1.54, 1.807) is 0 Å². The summed E-state index contributed by atoms with van der Waals surface area (Å²) >= 11 is 0. The van der Waals surface area contributed by atoms with Gasteiger partial charge in [-0.15, -0.1) is 6.58 Å². The summed E-state index contributed by atoms with van der Waals surface area (Å²) in [5, 5.41) is -1.26. The minimum Gasteiger partial charge on any atom is -0.286 e. The Hall–Kier alpha value is -0.440. The van der Waals surface area contributed by atoms with Gasteiger partial charge in [-0.2, -0.15) is 16.8 Å². The Balaban J connectivity index is 4.74. The Morgan fingerprint density at radius 3 is 2.27 bits per heavy atom. The van der Waals surface area contributed by atoms with Crippen LogP contribution in [0, 0.1) is 0 Å². The third-order valence-corrected chi connectivity index (χ3v) is 4.43. The molecule has 0 aliphatic rings. The van der Waals surface area contributed by atoms with E-state index in [1.807, 2.05) is 0 Å². The third kappa shape index (κ3) is 5.88. The van der Waals surface area contributed by atoms with Crippen LogP contribution in [0.15, 0.2) is 12.7 Å². The molecule has 0 saturated heterocycles. The second-order valence-electron chi connectivity index (χ2n) is 2.84. The van der Waals surface area contributed by atoms with Gasteiger partial charge in [0.15, 0.2) is 0 Å². The minimum absolute atomic E-state index is 0.0409. The van der Waals surface area contributed by atoms with Crippen LogP contribution in [0.5, 0.6) is 0 Å². The van der Waals surface area contributed by atoms with Crippen molar-refractivity contribution in [1.82, 2.24) is 0 Å². The maximum absolute atomic E-state index is 11.4. The van der Waals surface area contributed by atoms with Gasteiger partial charge in [0.1, 0.15) is 5.25 Å². The maximum Gasteiger partial charge on any atom is 0.271 e. The molecule has 0 fully saturated rings. The molecule has 0 rings (SSSR count). The zero-order valence-electron chi connectivity index (χ0n) is 8.29. The summed E-state index contributed by atoms with van der Waals surface area (Å²) in [7, 11) is -8.31. The zero-order chi connectivity index (χ0) is 12.1. The second kappa shape index (κ2) is 5.59. The summed E-state index contributed by atoms with van der Waals surface area (Å²) in [5.74, 6) is -0.858. The van der Waals surface area contributed by atoms with Crippen LogP contribution in [0.3, 0.4) is 0 Å². The Morgan fingerprint density at radius 2 is 1.93 bits per heavy atom. The molecule has 0 saturated carbocycles. The quantitative estimate of drug-likeness (QED) is 0.397. The molecular weight excluding hydrogens is 244 g/mol. The molecule has 0 radical (unpaired) electrons. The molecule has 0 aromatic rings. The Bertz CT molecular complexity index is 393. The molecule has 0 aromatic heterocycles. The van der Waals surface area contributed by atoms with Gasteiger partial charge in [-0.25, -0.2) is 0 Å². The van der Waals surface area contributed by atoms with Crippen LogP contribution in [0.4, 0.5) is 0 Å². The van der Waals surface area contributed by atoms with Crippen molar-refractivity contribution in [2.45, 2.75) is 18.6 Å². The van der Waals surface area contributed by atoms with Gasteiger partial charge < -0.3 is 0 Å². The lowest BCUT2D eigenvalue weighted by molar-refractivity contribution is 0.348. The second-order valence-corrected chi connectivity index (χ2v) is 6.23. The summed E-state index contributed by atoms with van der Waals surface area (Å²) < 4.78 is 56.8. The van der Waals surface area contributed by atoms with Gasteiger partial charge in [-0.1, -0.05) is 13.0 Å². The summed E-state index contributed by atoms with van der Waals surface area (Å²) in [4.78, 5) is 0. The van der Waals surface area contributed by atoms with E-state index in [9.17, 15) is 16.8 Å². The largest absolute Gasteiger partial charge is 0.286 e. The van der Waals surface area contributed by atoms with Crippen molar-refractivity contribution in [2.75, 3.05) is 12.4 Å². The molecule has 0 heterocycles. The molecule has 15 heavy (non-hydrogen) atoms. The molecule has 90 valence electrons. The third-order valence-electron chi connectivity index (χ3n) is 1.61. The zero-order valence-corrected chi connectivity index (χ0v) is 9.92. The van der Waals surface area contributed by atoms with Gasteiger partial charge in [0.05, 0.1) is 12.4 Å². The minimum atomic E-state index is -4.33. The molecule has 1 atom stereocenters. The lowest BCUT2D eigenvalue weighted by atomic mass is 10.4. The van der Waals surface area contributed by atoms with Gasteiger partial charge >= 0.3 is 0 Å². The Labute approximate surface area is 89.8 Å².